The van der Waals surface area contributed by atoms with Crippen molar-refractivity contribution in [1.29, 1.82) is 0 Å². The lowest BCUT2D eigenvalue weighted by Gasteiger charge is -2.04. The van der Waals surface area contributed by atoms with Gasteiger partial charge in [0.2, 0.25) is 5.91 Å². The number of hydrogen-bond donors (Lipinski definition) is 1. The molecule has 0 aliphatic rings. The summed E-state index contributed by atoms with van der Waals surface area (Å²) in [7, 11) is -3.72. The molecule has 1 heterocycles. The second kappa shape index (κ2) is 6.92. The van der Waals surface area contributed by atoms with Gasteiger partial charge in [-0.2, -0.15) is 0 Å². The molecule has 25 heavy (non-hydrogen) atoms. The van der Waals surface area contributed by atoms with Crippen LogP contribution in [0.5, 0.6) is 0 Å². The average molecular weight is 415 g/mol. The predicted octanol–water partition coefficient (Wildman–Crippen LogP) is 4.32. The Morgan fingerprint density at radius 2 is 1.88 bits per heavy atom. The summed E-state index contributed by atoms with van der Waals surface area (Å²) in [5.41, 5.74) is 1.45. The number of carbonyl (C=O) groups is 1. The van der Waals surface area contributed by atoms with Crippen LogP contribution in [0.15, 0.2) is 41.3 Å². The fourth-order valence-electron chi connectivity index (χ4n) is 2.17. The van der Waals surface area contributed by atoms with Gasteiger partial charge in [-0.1, -0.05) is 52.2 Å². The van der Waals surface area contributed by atoms with Gasteiger partial charge in [-0.15, -0.1) is 0 Å². The van der Waals surface area contributed by atoms with E-state index in [2.05, 4.69) is 10.3 Å². The van der Waals surface area contributed by atoms with Gasteiger partial charge in [0.15, 0.2) is 15.0 Å². The molecule has 0 spiro atoms. The van der Waals surface area contributed by atoms with E-state index in [1.807, 2.05) is 6.92 Å². The zero-order valence-corrected chi connectivity index (χ0v) is 16.1. The molecule has 3 aromatic rings. The van der Waals surface area contributed by atoms with Crippen molar-refractivity contribution < 1.29 is 13.2 Å². The molecule has 0 fully saturated rings. The lowest BCUT2D eigenvalue weighted by Crippen LogP contribution is -2.22. The lowest BCUT2D eigenvalue weighted by atomic mass is 10.2. The first-order chi connectivity index (χ1) is 11.7. The van der Waals surface area contributed by atoms with E-state index >= 15 is 0 Å². The number of nitrogens with zero attached hydrogens (tertiary/aromatic N) is 1. The summed E-state index contributed by atoms with van der Waals surface area (Å²) in [4.78, 5) is 16.4. The topological polar surface area (TPSA) is 76.1 Å². The number of benzene rings is 2. The molecule has 5 nitrogen and oxygen atoms in total. The third kappa shape index (κ3) is 4.12. The number of fused-ring (bicyclic) bond motifs is 1. The van der Waals surface area contributed by atoms with Crippen LogP contribution in [0, 0.1) is 6.92 Å². The Labute approximate surface area is 158 Å². The molecule has 1 amide bonds. The van der Waals surface area contributed by atoms with Crippen molar-refractivity contribution in [3.63, 3.8) is 0 Å². The minimum atomic E-state index is -3.72. The van der Waals surface area contributed by atoms with Crippen molar-refractivity contribution in [2.45, 2.75) is 11.8 Å². The lowest BCUT2D eigenvalue weighted by molar-refractivity contribution is -0.113. The number of aromatic nitrogens is 1. The number of rotatable bonds is 4. The Morgan fingerprint density at radius 3 is 2.56 bits per heavy atom. The Morgan fingerprint density at radius 1 is 1.20 bits per heavy atom. The van der Waals surface area contributed by atoms with Crippen LogP contribution in [-0.4, -0.2) is 25.1 Å². The number of nitrogens with one attached hydrogen (secondary N) is 1. The number of sulfone groups is 1. The van der Waals surface area contributed by atoms with E-state index in [0.717, 1.165) is 5.56 Å². The van der Waals surface area contributed by atoms with Crippen LogP contribution in [0.3, 0.4) is 0 Å². The summed E-state index contributed by atoms with van der Waals surface area (Å²) >= 11 is 13.2. The quantitative estimate of drug-likeness (QED) is 0.689. The molecule has 0 saturated heterocycles. The van der Waals surface area contributed by atoms with Gasteiger partial charge in [0.05, 0.1) is 14.6 Å². The van der Waals surface area contributed by atoms with Crippen molar-refractivity contribution in [2.24, 2.45) is 0 Å². The Balaban J connectivity index is 1.78. The molecule has 130 valence electrons. The first-order valence-electron chi connectivity index (χ1n) is 7.09. The molecule has 1 aromatic heterocycles. The van der Waals surface area contributed by atoms with Crippen molar-refractivity contribution in [3.8, 4) is 0 Å². The fraction of sp³-hybridized carbons (Fsp3) is 0.125. The summed E-state index contributed by atoms with van der Waals surface area (Å²) in [5.74, 6) is -1.33. The molecule has 3 rings (SSSR count). The molecule has 0 saturated carbocycles. The van der Waals surface area contributed by atoms with Gasteiger partial charge < -0.3 is 5.32 Å². The number of aryl methyl sites for hydroxylation is 1. The Hall–Kier alpha value is -1.67. The highest BCUT2D eigenvalue weighted by Crippen LogP contribution is 2.33. The van der Waals surface area contributed by atoms with Crippen molar-refractivity contribution in [1.82, 2.24) is 4.98 Å². The molecule has 1 N–H and O–H groups in total. The first-order valence-corrected chi connectivity index (χ1v) is 10.3. The number of carbonyl (C=O) groups excluding carboxylic acids is 1. The largest absolute Gasteiger partial charge is 0.301 e. The van der Waals surface area contributed by atoms with Crippen LogP contribution in [0.25, 0.3) is 10.2 Å². The number of halogens is 2. The third-order valence-corrected chi connectivity index (χ3v) is 6.42. The maximum Gasteiger partial charge on any atom is 0.241 e. The fourth-order valence-corrected chi connectivity index (χ4v) is 4.91. The number of anilines is 1. The third-order valence-electron chi connectivity index (χ3n) is 3.36. The number of hydrogen-bond acceptors (Lipinski definition) is 5. The highest BCUT2D eigenvalue weighted by atomic mass is 35.5. The van der Waals surface area contributed by atoms with E-state index in [1.165, 1.54) is 23.5 Å². The van der Waals surface area contributed by atoms with Gasteiger partial charge in [0.1, 0.15) is 11.3 Å². The monoisotopic (exact) mass is 414 g/mol. The van der Waals surface area contributed by atoms with Gasteiger partial charge in [-0.25, -0.2) is 13.4 Å². The molecule has 0 aliphatic carbocycles. The van der Waals surface area contributed by atoms with Crippen molar-refractivity contribution in [3.05, 3.63) is 52.0 Å². The van der Waals surface area contributed by atoms with Gasteiger partial charge in [0, 0.05) is 5.02 Å². The van der Waals surface area contributed by atoms with Gasteiger partial charge in [0.25, 0.3) is 0 Å². The van der Waals surface area contributed by atoms with E-state index in [0.29, 0.717) is 20.3 Å². The van der Waals surface area contributed by atoms with Gasteiger partial charge >= 0.3 is 0 Å². The zero-order chi connectivity index (χ0) is 18.2. The Kier molecular flexibility index (Phi) is 5.02. The van der Waals surface area contributed by atoms with Crippen LogP contribution in [-0.2, 0) is 14.6 Å². The van der Waals surface area contributed by atoms with Crippen LogP contribution in [0.1, 0.15) is 5.56 Å². The molecule has 0 aliphatic heterocycles. The van der Waals surface area contributed by atoms with Gasteiger partial charge in [-0.3, -0.25) is 4.79 Å². The van der Waals surface area contributed by atoms with E-state index in [-0.39, 0.29) is 10.0 Å². The molecule has 0 bridgehead atoms. The van der Waals surface area contributed by atoms with Crippen LogP contribution in [0.4, 0.5) is 5.13 Å². The standard InChI is InChI=1S/C16H12Cl2N2O3S2/c1-9-2-4-11(5-3-9)25(22,23)8-14(21)19-16-20-15-12(18)6-10(17)7-13(15)24-16/h2-7H,8H2,1H3,(H,19,20,21). The average Bonchev–Trinajstić information content (AvgIpc) is 2.89. The van der Waals surface area contributed by atoms with Crippen molar-refractivity contribution >= 4 is 65.6 Å². The minimum absolute atomic E-state index is 0.104. The number of amides is 1. The molecular weight excluding hydrogens is 403 g/mol. The maximum absolute atomic E-state index is 12.3. The highest BCUT2D eigenvalue weighted by Gasteiger charge is 2.20. The normalized spacial score (nSPS) is 11.6. The summed E-state index contributed by atoms with van der Waals surface area (Å²) in [6, 6.07) is 9.57. The highest BCUT2D eigenvalue weighted by molar-refractivity contribution is 7.92. The molecule has 9 heteroatoms. The molecule has 0 atom stereocenters. The van der Waals surface area contributed by atoms with Crippen LogP contribution >= 0.6 is 34.5 Å². The van der Waals surface area contributed by atoms with E-state index in [4.69, 9.17) is 23.2 Å². The maximum atomic E-state index is 12.3. The van der Waals surface area contributed by atoms with Crippen LogP contribution in [0.2, 0.25) is 10.0 Å². The number of thiazole rings is 1. The molecule has 2 aromatic carbocycles. The predicted molar refractivity (Wildman–Crippen MR) is 102 cm³/mol. The summed E-state index contributed by atoms with van der Waals surface area (Å²) in [5, 5.41) is 3.60. The van der Waals surface area contributed by atoms with Crippen LogP contribution < -0.4 is 5.32 Å². The molecular formula is C16H12Cl2N2O3S2. The second-order valence-electron chi connectivity index (χ2n) is 5.37. The van der Waals surface area contributed by atoms with Crippen molar-refractivity contribution in [2.75, 3.05) is 11.1 Å². The second-order valence-corrected chi connectivity index (χ2v) is 9.24. The summed E-state index contributed by atoms with van der Waals surface area (Å²) in [6.07, 6.45) is 0. The van der Waals surface area contributed by atoms with E-state index < -0.39 is 21.5 Å². The Bertz CT molecular complexity index is 1060. The molecule has 0 radical (unpaired) electrons. The summed E-state index contributed by atoms with van der Waals surface area (Å²) in [6.45, 7) is 1.85. The van der Waals surface area contributed by atoms with Gasteiger partial charge in [-0.05, 0) is 31.2 Å². The smallest absolute Gasteiger partial charge is 0.241 e. The van der Waals surface area contributed by atoms with E-state index in [1.54, 1.807) is 24.3 Å². The SMILES string of the molecule is Cc1ccc(S(=O)(=O)CC(=O)Nc2nc3c(Cl)cc(Cl)cc3s2)cc1. The minimum Gasteiger partial charge on any atom is -0.301 e. The first kappa shape index (κ1) is 18.1. The summed E-state index contributed by atoms with van der Waals surface area (Å²) < 4.78 is 25.3. The zero-order valence-electron chi connectivity index (χ0n) is 12.9. The molecule has 0 unspecified atom stereocenters. The van der Waals surface area contributed by atoms with E-state index in [9.17, 15) is 13.2 Å².